The van der Waals surface area contributed by atoms with E-state index in [9.17, 15) is 4.79 Å². The second kappa shape index (κ2) is 8.02. The Kier molecular flexibility index (Phi) is 6.02. The standard InChI is InChI=1S/C16H24N2O2/c1-18(10-5-8-14-6-3-2-4-7-14)16(19)12-15-13-17-9-11-20-15/h2-4,6-7,15,17H,5,8-13H2,1H3. The number of ether oxygens (including phenoxy) is 1. The maximum atomic E-state index is 12.1. The summed E-state index contributed by atoms with van der Waals surface area (Å²) in [6, 6.07) is 10.4. The van der Waals surface area contributed by atoms with E-state index in [1.165, 1.54) is 5.56 Å². The lowest BCUT2D eigenvalue weighted by Gasteiger charge is -2.25. The second-order valence-electron chi connectivity index (χ2n) is 5.31. The van der Waals surface area contributed by atoms with Crippen LogP contribution in [-0.4, -0.2) is 50.2 Å². The van der Waals surface area contributed by atoms with Crippen LogP contribution < -0.4 is 5.32 Å². The third kappa shape index (κ3) is 4.94. The number of benzene rings is 1. The Morgan fingerprint density at radius 2 is 2.20 bits per heavy atom. The molecule has 110 valence electrons. The van der Waals surface area contributed by atoms with Crippen molar-refractivity contribution >= 4 is 5.91 Å². The molecule has 0 radical (unpaired) electrons. The van der Waals surface area contributed by atoms with Gasteiger partial charge in [0, 0.05) is 26.7 Å². The molecule has 0 aromatic heterocycles. The number of hydrogen-bond acceptors (Lipinski definition) is 3. The van der Waals surface area contributed by atoms with Gasteiger partial charge in [0.05, 0.1) is 19.1 Å². The number of nitrogens with one attached hydrogen (secondary N) is 1. The zero-order valence-electron chi connectivity index (χ0n) is 12.2. The molecule has 1 aliphatic heterocycles. The lowest BCUT2D eigenvalue weighted by Crippen LogP contribution is -2.42. The highest BCUT2D eigenvalue weighted by Gasteiger charge is 2.19. The minimum atomic E-state index is 0.0350. The van der Waals surface area contributed by atoms with Crippen LogP contribution in [0.4, 0.5) is 0 Å². The van der Waals surface area contributed by atoms with Gasteiger partial charge >= 0.3 is 0 Å². The summed E-state index contributed by atoms with van der Waals surface area (Å²) in [4.78, 5) is 13.9. The summed E-state index contributed by atoms with van der Waals surface area (Å²) in [7, 11) is 1.88. The zero-order valence-corrected chi connectivity index (χ0v) is 12.2. The van der Waals surface area contributed by atoms with Gasteiger partial charge in [0.25, 0.3) is 0 Å². The first-order valence-electron chi connectivity index (χ1n) is 7.36. The molecular weight excluding hydrogens is 252 g/mol. The van der Waals surface area contributed by atoms with Gasteiger partial charge < -0.3 is 15.0 Å². The topological polar surface area (TPSA) is 41.6 Å². The Morgan fingerprint density at radius 3 is 2.90 bits per heavy atom. The van der Waals surface area contributed by atoms with E-state index in [2.05, 4.69) is 29.6 Å². The number of aryl methyl sites for hydroxylation is 1. The molecule has 1 aromatic rings. The first-order chi connectivity index (χ1) is 9.75. The maximum Gasteiger partial charge on any atom is 0.224 e. The summed E-state index contributed by atoms with van der Waals surface area (Å²) >= 11 is 0. The lowest BCUT2D eigenvalue weighted by molar-refractivity contribution is -0.133. The molecule has 0 saturated carbocycles. The lowest BCUT2D eigenvalue weighted by atomic mass is 10.1. The van der Waals surface area contributed by atoms with Gasteiger partial charge in [-0.05, 0) is 18.4 Å². The average molecular weight is 276 g/mol. The molecule has 2 rings (SSSR count). The molecule has 0 bridgehead atoms. The molecule has 4 nitrogen and oxygen atoms in total. The van der Waals surface area contributed by atoms with Gasteiger partial charge in [-0.3, -0.25) is 4.79 Å². The van der Waals surface area contributed by atoms with Crippen molar-refractivity contribution in [3.8, 4) is 0 Å². The number of morpholine rings is 1. The highest BCUT2D eigenvalue weighted by Crippen LogP contribution is 2.06. The fraction of sp³-hybridized carbons (Fsp3) is 0.562. The summed E-state index contributed by atoms with van der Waals surface area (Å²) in [5, 5.41) is 3.25. The molecule has 1 N–H and O–H groups in total. The van der Waals surface area contributed by atoms with Gasteiger partial charge in [-0.1, -0.05) is 30.3 Å². The van der Waals surface area contributed by atoms with Crippen LogP contribution in [0.3, 0.4) is 0 Å². The predicted octanol–water partition coefficient (Wildman–Crippen LogP) is 1.46. The minimum Gasteiger partial charge on any atom is -0.375 e. The SMILES string of the molecule is CN(CCCc1ccccc1)C(=O)CC1CNCCO1. The van der Waals surface area contributed by atoms with Gasteiger partial charge in [-0.2, -0.15) is 0 Å². The molecule has 20 heavy (non-hydrogen) atoms. The van der Waals surface area contributed by atoms with Gasteiger partial charge in [0.15, 0.2) is 0 Å². The third-order valence-electron chi connectivity index (χ3n) is 3.63. The van der Waals surface area contributed by atoms with E-state index in [4.69, 9.17) is 4.74 Å². The molecule has 1 aliphatic rings. The van der Waals surface area contributed by atoms with Gasteiger partial charge in [0.2, 0.25) is 5.91 Å². The Balaban J connectivity index is 1.65. The molecule has 1 unspecified atom stereocenters. The number of rotatable bonds is 6. The Hall–Kier alpha value is -1.39. The number of carbonyl (C=O) groups excluding carboxylic acids is 1. The summed E-state index contributed by atoms with van der Waals surface area (Å²) in [6.45, 7) is 3.17. The summed E-state index contributed by atoms with van der Waals surface area (Å²) in [5.41, 5.74) is 1.33. The molecule has 1 atom stereocenters. The quantitative estimate of drug-likeness (QED) is 0.855. The summed E-state index contributed by atoms with van der Waals surface area (Å²) in [6.07, 6.45) is 2.53. The monoisotopic (exact) mass is 276 g/mol. The Morgan fingerprint density at radius 1 is 1.40 bits per heavy atom. The van der Waals surface area contributed by atoms with E-state index in [-0.39, 0.29) is 12.0 Å². The number of carbonyl (C=O) groups is 1. The van der Waals surface area contributed by atoms with Gasteiger partial charge in [0.1, 0.15) is 0 Å². The second-order valence-corrected chi connectivity index (χ2v) is 5.31. The van der Waals surface area contributed by atoms with Crippen LogP contribution in [0.25, 0.3) is 0 Å². The molecule has 0 spiro atoms. The molecule has 1 fully saturated rings. The van der Waals surface area contributed by atoms with Gasteiger partial charge in [-0.25, -0.2) is 0 Å². The van der Waals surface area contributed by atoms with E-state index in [0.29, 0.717) is 13.0 Å². The normalized spacial score (nSPS) is 18.8. The van der Waals surface area contributed by atoms with Crippen LogP contribution in [0.1, 0.15) is 18.4 Å². The van der Waals surface area contributed by atoms with E-state index in [1.54, 1.807) is 0 Å². The van der Waals surface area contributed by atoms with Crippen LogP contribution in [0.15, 0.2) is 30.3 Å². The van der Waals surface area contributed by atoms with Crippen LogP contribution in [-0.2, 0) is 16.0 Å². The first-order valence-corrected chi connectivity index (χ1v) is 7.36. The van der Waals surface area contributed by atoms with Crippen molar-refractivity contribution in [2.24, 2.45) is 0 Å². The van der Waals surface area contributed by atoms with Crippen molar-refractivity contribution in [3.05, 3.63) is 35.9 Å². The van der Waals surface area contributed by atoms with Crippen molar-refractivity contribution < 1.29 is 9.53 Å². The smallest absolute Gasteiger partial charge is 0.224 e. The fourth-order valence-electron chi connectivity index (χ4n) is 2.39. The molecule has 1 heterocycles. The summed E-state index contributed by atoms with van der Waals surface area (Å²) in [5.74, 6) is 0.173. The van der Waals surface area contributed by atoms with Crippen molar-refractivity contribution in [2.45, 2.75) is 25.4 Å². The van der Waals surface area contributed by atoms with E-state index in [0.717, 1.165) is 32.5 Å². The molecular formula is C16H24N2O2. The van der Waals surface area contributed by atoms with Crippen molar-refractivity contribution in [3.63, 3.8) is 0 Å². The van der Waals surface area contributed by atoms with E-state index >= 15 is 0 Å². The molecule has 1 amide bonds. The van der Waals surface area contributed by atoms with E-state index in [1.807, 2.05) is 18.0 Å². The van der Waals surface area contributed by atoms with Crippen molar-refractivity contribution in [1.29, 1.82) is 0 Å². The number of amides is 1. The predicted molar refractivity (Wildman–Crippen MR) is 79.6 cm³/mol. The van der Waals surface area contributed by atoms with E-state index < -0.39 is 0 Å². The Bertz CT molecular complexity index is 402. The zero-order chi connectivity index (χ0) is 14.2. The highest BCUT2D eigenvalue weighted by molar-refractivity contribution is 5.76. The Labute approximate surface area is 121 Å². The van der Waals surface area contributed by atoms with Crippen molar-refractivity contribution in [1.82, 2.24) is 10.2 Å². The maximum absolute atomic E-state index is 12.1. The number of nitrogens with zero attached hydrogens (tertiary/aromatic N) is 1. The van der Waals surface area contributed by atoms with Crippen LogP contribution in [0, 0.1) is 0 Å². The number of hydrogen-bond donors (Lipinski definition) is 1. The molecule has 4 heteroatoms. The van der Waals surface area contributed by atoms with Gasteiger partial charge in [-0.15, -0.1) is 0 Å². The average Bonchev–Trinajstić information content (AvgIpc) is 2.49. The molecule has 1 aromatic carbocycles. The largest absolute Gasteiger partial charge is 0.375 e. The molecule has 1 saturated heterocycles. The fourth-order valence-corrected chi connectivity index (χ4v) is 2.39. The molecule has 0 aliphatic carbocycles. The van der Waals surface area contributed by atoms with Crippen molar-refractivity contribution in [2.75, 3.05) is 33.3 Å². The third-order valence-corrected chi connectivity index (χ3v) is 3.63. The van der Waals surface area contributed by atoms with Crippen LogP contribution in [0.5, 0.6) is 0 Å². The van der Waals surface area contributed by atoms with Crippen LogP contribution >= 0.6 is 0 Å². The first kappa shape index (κ1) is 15.0. The summed E-state index contributed by atoms with van der Waals surface area (Å²) < 4.78 is 5.56. The van der Waals surface area contributed by atoms with Crippen LogP contribution in [0.2, 0.25) is 0 Å². The minimum absolute atomic E-state index is 0.0350. The highest BCUT2D eigenvalue weighted by atomic mass is 16.5.